The highest BCUT2D eigenvalue weighted by molar-refractivity contribution is 7.18. The highest BCUT2D eigenvalue weighted by atomic mass is 32.1. The number of nitrogens with zero attached hydrogens (tertiary/aromatic N) is 1. The molecule has 1 aliphatic rings. The van der Waals surface area contributed by atoms with Crippen LogP contribution in [0.15, 0.2) is 18.2 Å². The van der Waals surface area contributed by atoms with E-state index in [0.717, 1.165) is 49.2 Å². The lowest BCUT2D eigenvalue weighted by molar-refractivity contribution is 0.103. The number of ketones is 1. The van der Waals surface area contributed by atoms with Gasteiger partial charge >= 0.3 is 0 Å². The van der Waals surface area contributed by atoms with Gasteiger partial charge in [0.1, 0.15) is 22.3 Å². The average Bonchev–Trinajstić information content (AvgIpc) is 2.90. The van der Waals surface area contributed by atoms with Gasteiger partial charge in [0.2, 0.25) is 5.78 Å². The number of hydrogen-bond donors (Lipinski definition) is 3. The Balaban J connectivity index is 1.80. The first kappa shape index (κ1) is 16.8. The standard InChI is InChI=1S/C16H18F2N4OS/c17-10-2-1-3-11(18)12(10)13(23)14-15(20)22-16(24-14)21-9-6-4-8(19)5-7-9/h1-3,8-9H,4-7,19-20H2,(H,21,22)/t8-,9-. The van der Waals surface area contributed by atoms with Gasteiger partial charge in [-0.05, 0) is 37.8 Å². The van der Waals surface area contributed by atoms with E-state index in [1.54, 1.807) is 0 Å². The Labute approximate surface area is 142 Å². The summed E-state index contributed by atoms with van der Waals surface area (Å²) < 4.78 is 27.6. The fourth-order valence-corrected chi connectivity index (χ4v) is 3.73. The van der Waals surface area contributed by atoms with Crippen LogP contribution < -0.4 is 16.8 Å². The largest absolute Gasteiger partial charge is 0.382 e. The van der Waals surface area contributed by atoms with Crippen LogP contribution in [0.2, 0.25) is 0 Å². The molecule has 3 rings (SSSR count). The van der Waals surface area contributed by atoms with Crippen molar-refractivity contribution >= 4 is 28.1 Å². The number of nitrogens with one attached hydrogen (secondary N) is 1. The van der Waals surface area contributed by atoms with Gasteiger partial charge in [0, 0.05) is 12.1 Å². The van der Waals surface area contributed by atoms with Crippen LogP contribution in [0.4, 0.5) is 19.7 Å². The zero-order valence-electron chi connectivity index (χ0n) is 12.9. The van der Waals surface area contributed by atoms with Crippen molar-refractivity contribution in [2.24, 2.45) is 5.73 Å². The molecular weight excluding hydrogens is 334 g/mol. The van der Waals surface area contributed by atoms with E-state index in [0.29, 0.717) is 5.13 Å². The number of carbonyl (C=O) groups is 1. The molecule has 0 unspecified atom stereocenters. The Hall–Kier alpha value is -2.06. The van der Waals surface area contributed by atoms with Gasteiger partial charge in [-0.25, -0.2) is 13.8 Å². The fraction of sp³-hybridized carbons (Fsp3) is 0.375. The van der Waals surface area contributed by atoms with E-state index in [1.807, 2.05) is 0 Å². The van der Waals surface area contributed by atoms with E-state index in [1.165, 1.54) is 6.07 Å². The zero-order valence-corrected chi connectivity index (χ0v) is 13.7. The highest BCUT2D eigenvalue weighted by Gasteiger charge is 2.25. The van der Waals surface area contributed by atoms with Crippen molar-refractivity contribution in [2.45, 2.75) is 37.8 Å². The average molecular weight is 352 g/mol. The summed E-state index contributed by atoms with van der Waals surface area (Å²) in [7, 11) is 0. The van der Waals surface area contributed by atoms with Crippen LogP contribution in [0.1, 0.15) is 40.9 Å². The third-order valence-electron chi connectivity index (χ3n) is 4.15. The van der Waals surface area contributed by atoms with Crippen LogP contribution in [0, 0.1) is 11.6 Å². The predicted octanol–water partition coefficient (Wildman–Crippen LogP) is 2.92. The van der Waals surface area contributed by atoms with Crippen LogP contribution in [0.5, 0.6) is 0 Å². The number of aromatic nitrogens is 1. The third kappa shape index (κ3) is 3.39. The first-order chi connectivity index (χ1) is 11.5. The number of rotatable bonds is 4. The molecule has 1 fully saturated rings. The molecule has 0 spiro atoms. The summed E-state index contributed by atoms with van der Waals surface area (Å²) >= 11 is 1.01. The summed E-state index contributed by atoms with van der Waals surface area (Å²) in [4.78, 5) is 16.6. The first-order valence-corrected chi connectivity index (χ1v) is 8.54. The zero-order chi connectivity index (χ0) is 17.3. The van der Waals surface area contributed by atoms with Crippen LogP contribution in [-0.4, -0.2) is 22.9 Å². The molecule has 1 aromatic heterocycles. The highest BCUT2D eigenvalue weighted by Crippen LogP contribution is 2.31. The molecule has 0 bridgehead atoms. The van der Waals surface area contributed by atoms with Gasteiger partial charge < -0.3 is 16.8 Å². The number of nitrogens with two attached hydrogens (primary N) is 2. The second-order valence-electron chi connectivity index (χ2n) is 5.92. The van der Waals surface area contributed by atoms with Crippen molar-refractivity contribution < 1.29 is 13.6 Å². The fourth-order valence-electron chi connectivity index (χ4n) is 2.82. The van der Waals surface area contributed by atoms with E-state index in [-0.39, 0.29) is 22.8 Å². The quantitative estimate of drug-likeness (QED) is 0.736. The van der Waals surface area contributed by atoms with Crippen LogP contribution in [-0.2, 0) is 0 Å². The molecule has 5 nitrogen and oxygen atoms in total. The monoisotopic (exact) mass is 352 g/mol. The molecule has 2 aromatic rings. The molecule has 0 amide bonds. The molecule has 8 heteroatoms. The van der Waals surface area contributed by atoms with Gasteiger partial charge in [0.05, 0.1) is 5.56 Å². The van der Waals surface area contributed by atoms with Gasteiger partial charge in [-0.15, -0.1) is 0 Å². The number of hydrogen-bond acceptors (Lipinski definition) is 6. The van der Waals surface area contributed by atoms with Crippen molar-refractivity contribution in [1.29, 1.82) is 0 Å². The maximum Gasteiger partial charge on any atom is 0.212 e. The predicted molar refractivity (Wildman–Crippen MR) is 90.2 cm³/mol. The van der Waals surface area contributed by atoms with E-state index in [9.17, 15) is 13.6 Å². The lowest BCUT2D eigenvalue weighted by Gasteiger charge is -2.26. The van der Waals surface area contributed by atoms with Crippen molar-refractivity contribution in [3.63, 3.8) is 0 Å². The van der Waals surface area contributed by atoms with Crippen LogP contribution >= 0.6 is 11.3 Å². The number of carbonyl (C=O) groups excluding carboxylic acids is 1. The van der Waals surface area contributed by atoms with Gasteiger partial charge in [-0.3, -0.25) is 4.79 Å². The summed E-state index contributed by atoms with van der Waals surface area (Å²) in [6, 6.07) is 3.72. The number of thiazole rings is 1. The molecule has 24 heavy (non-hydrogen) atoms. The molecule has 0 saturated heterocycles. The minimum absolute atomic E-state index is 0.0253. The molecular formula is C16H18F2N4OS. The Morgan fingerprint density at radius 1 is 1.21 bits per heavy atom. The summed E-state index contributed by atoms with van der Waals surface area (Å²) in [5, 5.41) is 3.71. The maximum absolute atomic E-state index is 13.8. The Morgan fingerprint density at radius 2 is 1.83 bits per heavy atom. The van der Waals surface area contributed by atoms with Gasteiger partial charge in [-0.2, -0.15) is 0 Å². The number of benzene rings is 1. The van der Waals surface area contributed by atoms with E-state index in [4.69, 9.17) is 11.5 Å². The van der Waals surface area contributed by atoms with Crippen LogP contribution in [0.3, 0.4) is 0 Å². The molecule has 0 aliphatic heterocycles. The molecule has 128 valence electrons. The molecule has 5 N–H and O–H groups in total. The Bertz CT molecular complexity index is 736. The van der Waals surface area contributed by atoms with Gasteiger partial charge in [0.25, 0.3) is 0 Å². The molecule has 1 aromatic carbocycles. The summed E-state index contributed by atoms with van der Waals surface area (Å²) in [5.41, 5.74) is 11.0. The first-order valence-electron chi connectivity index (χ1n) is 7.73. The van der Waals surface area contributed by atoms with E-state index < -0.39 is 23.0 Å². The Morgan fingerprint density at radius 3 is 2.46 bits per heavy atom. The maximum atomic E-state index is 13.8. The normalized spacial score (nSPS) is 20.8. The Kier molecular flexibility index (Phi) is 4.77. The van der Waals surface area contributed by atoms with Crippen molar-refractivity contribution in [1.82, 2.24) is 4.98 Å². The van der Waals surface area contributed by atoms with Crippen molar-refractivity contribution in [3.8, 4) is 0 Å². The van der Waals surface area contributed by atoms with Crippen LogP contribution in [0.25, 0.3) is 0 Å². The minimum Gasteiger partial charge on any atom is -0.382 e. The third-order valence-corrected chi connectivity index (χ3v) is 5.15. The molecule has 0 atom stereocenters. The molecule has 1 heterocycles. The smallest absolute Gasteiger partial charge is 0.212 e. The summed E-state index contributed by atoms with van der Waals surface area (Å²) in [5.74, 6) is -2.64. The second-order valence-corrected chi connectivity index (χ2v) is 6.91. The summed E-state index contributed by atoms with van der Waals surface area (Å²) in [6.45, 7) is 0. The number of halogens is 2. The lowest BCUT2D eigenvalue weighted by Crippen LogP contribution is -2.32. The lowest BCUT2D eigenvalue weighted by atomic mass is 9.92. The molecule has 1 saturated carbocycles. The number of nitrogen functional groups attached to an aromatic ring is 1. The molecule has 0 radical (unpaired) electrons. The van der Waals surface area contributed by atoms with Gasteiger partial charge in [-0.1, -0.05) is 17.4 Å². The van der Waals surface area contributed by atoms with Crippen molar-refractivity contribution in [3.05, 3.63) is 40.3 Å². The topological polar surface area (TPSA) is 94.0 Å². The number of anilines is 2. The van der Waals surface area contributed by atoms with Gasteiger partial charge in [0.15, 0.2) is 5.13 Å². The summed E-state index contributed by atoms with van der Waals surface area (Å²) in [6.07, 6.45) is 3.66. The SMILES string of the molecule is Nc1nc(N[C@H]2CC[C@H](N)CC2)sc1C(=O)c1c(F)cccc1F. The molecule has 1 aliphatic carbocycles. The van der Waals surface area contributed by atoms with E-state index in [2.05, 4.69) is 10.3 Å². The van der Waals surface area contributed by atoms with Crippen molar-refractivity contribution in [2.75, 3.05) is 11.1 Å². The van der Waals surface area contributed by atoms with E-state index >= 15 is 0 Å². The second kappa shape index (κ2) is 6.82. The minimum atomic E-state index is -0.913.